The fourth-order valence-corrected chi connectivity index (χ4v) is 1.87. The number of hydrogen-bond acceptors (Lipinski definition) is 3. The first-order valence-corrected chi connectivity index (χ1v) is 6.36. The molecule has 1 rings (SSSR count). The molecule has 0 aliphatic rings. The highest BCUT2D eigenvalue weighted by Gasteiger charge is 2.19. The van der Waals surface area contributed by atoms with Crippen molar-refractivity contribution in [2.75, 3.05) is 5.32 Å². The molecule has 0 aromatic heterocycles. The van der Waals surface area contributed by atoms with Crippen LogP contribution in [0.3, 0.4) is 0 Å². The maximum atomic E-state index is 13.2. The molecule has 0 fully saturated rings. The molecular weight excluding hydrogens is 283 g/mol. The summed E-state index contributed by atoms with van der Waals surface area (Å²) >= 11 is 0. The molecule has 0 heterocycles. The summed E-state index contributed by atoms with van der Waals surface area (Å²) in [6, 6.07) is 2.28. The van der Waals surface area contributed by atoms with Crippen molar-refractivity contribution < 1.29 is 26.4 Å². The minimum atomic E-state index is -4.26. The highest BCUT2D eigenvalue weighted by atomic mass is 35.7. The Hall–Kier alpha value is -1.28. The molecule has 9 heteroatoms. The lowest BCUT2D eigenvalue weighted by atomic mass is 10.3. The van der Waals surface area contributed by atoms with Crippen molar-refractivity contribution in [3.8, 4) is 0 Å². The van der Waals surface area contributed by atoms with Crippen molar-refractivity contribution in [2.45, 2.75) is 11.3 Å². The largest absolute Gasteiger partial charge is 0.321 e. The van der Waals surface area contributed by atoms with Crippen LogP contribution in [0.15, 0.2) is 23.1 Å². The van der Waals surface area contributed by atoms with Crippen LogP contribution in [0.5, 0.6) is 0 Å². The van der Waals surface area contributed by atoms with Crippen molar-refractivity contribution in [3.05, 3.63) is 24.0 Å². The summed E-state index contributed by atoms with van der Waals surface area (Å²) in [5.74, 6) is -2.86. The fourth-order valence-electron chi connectivity index (χ4n) is 0.973. The van der Waals surface area contributed by atoms with Gasteiger partial charge in [0.25, 0.3) is 15.0 Å². The smallest absolute Gasteiger partial charge is 0.315 e. The third-order valence-corrected chi connectivity index (χ3v) is 3.02. The predicted octanol–water partition coefficient (Wildman–Crippen LogP) is 1.96. The van der Waals surface area contributed by atoms with E-state index >= 15 is 0 Å². The van der Waals surface area contributed by atoms with Crippen LogP contribution < -0.4 is 5.32 Å². The monoisotopic (exact) mass is 287 g/mol. The minimum absolute atomic E-state index is 0.295. The van der Waals surface area contributed by atoms with Crippen molar-refractivity contribution >= 4 is 31.3 Å². The Kier molecular flexibility index (Phi) is 3.99. The quantitative estimate of drug-likeness (QED) is 0.864. The summed E-state index contributed by atoms with van der Waals surface area (Å²) in [5.41, 5.74) is -0.295. The number of carbonyl (C=O) groups excluding carboxylic acids is 1. The molecule has 0 aliphatic heterocycles. The Balaban J connectivity index is 3.02. The molecular formula is C8H5ClF3NO3S. The van der Waals surface area contributed by atoms with E-state index in [9.17, 15) is 26.4 Å². The summed E-state index contributed by atoms with van der Waals surface area (Å²) in [6.45, 7) is 0. The van der Waals surface area contributed by atoms with Crippen LogP contribution in [-0.2, 0) is 13.8 Å². The standard InChI is InChI=1S/C8H5ClF3NO3S/c9-17(15,16)6-2-1-4(3-5(6)10)13-8(14)7(11)12/h1-3,7H,(H,13,14). The Morgan fingerprint density at radius 2 is 1.94 bits per heavy atom. The van der Waals surface area contributed by atoms with Crippen LogP contribution in [0.1, 0.15) is 0 Å². The van der Waals surface area contributed by atoms with Crippen LogP contribution in [0, 0.1) is 5.82 Å². The van der Waals surface area contributed by atoms with Gasteiger partial charge in [0.1, 0.15) is 10.7 Å². The summed E-state index contributed by atoms with van der Waals surface area (Å²) < 4.78 is 58.5. The average molecular weight is 288 g/mol. The lowest BCUT2D eigenvalue weighted by Crippen LogP contribution is -2.20. The molecule has 0 bridgehead atoms. The molecule has 0 radical (unpaired) electrons. The van der Waals surface area contributed by atoms with E-state index in [0.29, 0.717) is 6.07 Å². The van der Waals surface area contributed by atoms with Gasteiger partial charge in [0.05, 0.1) is 0 Å². The van der Waals surface area contributed by atoms with Crippen molar-refractivity contribution in [3.63, 3.8) is 0 Å². The zero-order valence-corrected chi connectivity index (χ0v) is 9.53. The molecule has 1 aromatic carbocycles. The van der Waals surface area contributed by atoms with Gasteiger partial charge in [0.15, 0.2) is 0 Å². The van der Waals surface area contributed by atoms with E-state index in [1.807, 2.05) is 0 Å². The number of benzene rings is 1. The summed E-state index contributed by atoms with van der Waals surface area (Å²) in [5, 5.41) is 1.69. The van der Waals surface area contributed by atoms with E-state index in [-0.39, 0.29) is 5.69 Å². The number of hydrogen-bond donors (Lipinski definition) is 1. The molecule has 0 unspecified atom stereocenters. The topological polar surface area (TPSA) is 63.2 Å². The SMILES string of the molecule is O=C(Nc1ccc(S(=O)(=O)Cl)c(F)c1)C(F)F. The normalized spacial score (nSPS) is 11.6. The molecule has 94 valence electrons. The zero-order valence-electron chi connectivity index (χ0n) is 7.95. The third-order valence-electron chi connectivity index (χ3n) is 1.66. The van der Waals surface area contributed by atoms with Gasteiger partial charge in [-0.25, -0.2) is 12.8 Å². The lowest BCUT2D eigenvalue weighted by Gasteiger charge is -2.05. The summed E-state index contributed by atoms with van der Waals surface area (Å²) in [6.07, 6.45) is -3.26. The predicted molar refractivity (Wildman–Crippen MR) is 54.1 cm³/mol. The van der Waals surface area contributed by atoms with E-state index in [1.165, 1.54) is 0 Å². The maximum Gasteiger partial charge on any atom is 0.315 e. The second-order valence-electron chi connectivity index (χ2n) is 2.87. The van der Waals surface area contributed by atoms with E-state index in [4.69, 9.17) is 10.7 Å². The maximum absolute atomic E-state index is 13.2. The number of alkyl halides is 2. The number of amides is 1. The molecule has 0 saturated carbocycles. The van der Waals surface area contributed by atoms with Crippen LogP contribution in [0.4, 0.5) is 18.9 Å². The number of nitrogens with one attached hydrogen (secondary N) is 1. The van der Waals surface area contributed by atoms with Gasteiger partial charge in [-0.15, -0.1) is 0 Å². The van der Waals surface area contributed by atoms with Crippen molar-refractivity contribution in [2.24, 2.45) is 0 Å². The molecule has 0 spiro atoms. The fraction of sp³-hybridized carbons (Fsp3) is 0.125. The van der Waals surface area contributed by atoms with Crippen molar-refractivity contribution in [1.82, 2.24) is 0 Å². The molecule has 0 aliphatic carbocycles. The Labute approximate surface area is 98.8 Å². The van der Waals surface area contributed by atoms with Gasteiger partial charge in [0.2, 0.25) is 0 Å². The number of carbonyl (C=O) groups is 1. The number of halogens is 4. The van der Waals surface area contributed by atoms with Crippen LogP contribution in [-0.4, -0.2) is 20.8 Å². The van der Waals surface area contributed by atoms with Crippen molar-refractivity contribution in [1.29, 1.82) is 0 Å². The van der Waals surface area contributed by atoms with Crippen LogP contribution in [0.2, 0.25) is 0 Å². The van der Waals surface area contributed by atoms with Gasteiger partial charge in [-0.1, -0.05) is 0 Å². The van der Waals surface area contributed by atoms with Gasteiger partial charge in [-0.05, 0) is 18.2 Å². The first-order chi connectivity index (χ1) is 7.71. The van der Waals surface area contributed by atoms with Gasteiger partial charge >= 0.3 is 6.43 Å². The van der Waals surface area contributed by atoms with E-state index in [1.54, 1.807) is 5.32 Å². The van der Waals surface area contributed by atoms with Crippen LogP contribution >= 0.6 is 10.7 Å². The average Bonchev–Trinajstić information content (AvgIpc) is 2.15. The van der Waals surface area contributed by atoms with Gasteiger partial charge < -0.3 is 5.32 Å². The molecule has 0 saturated heterocycles. The zero-order chi connectivity index (χ0) is 13.2. The second-order valence-corrected chi connectivity index (χ2v) is 5.41. The highest BCUT2D eigenvalue weighted by Crippen LogP contribution is 2.22. The molecule has 1 N–H and O–H groups in total. The molecule has 0 atom stereocenters. The highest BCUT2D eigenvalue weighted by molar-refractivity contribution is 8.13. The number of rotatable bonds is 3. The molecule has 1 aromatic rings. The second kappa shape index (κ2) is 4.92. The van der Waals surface area contributed by atoms with Gasteiger partial charge in [0, 0.05) is 16.4 Å². The number of anilines is 1. The van der Waals surface area contributed by atoms with E-state index < -0.39 is 32.1 Å². The molecule has 17 heavy (non-hydrogen) atoms. The van der Waals surface area contributed by atoms with Gasteiger partial charge in [-0.2, -0.15) is 8.78 Å². The Morgan fingerprint density at radius 3 is 2.35 bits per heavy atom. The van der Waals surface area contributed by atoms with E-state index in [2.05, 4.69) is 0 Å². The van der Waals surface area contributed by atoms with Crippen LogP contribution in [0.25, 0.3) is 0 Å². The minimum Gasteiger partial charge on any atom is -0.321 e. The molecule has 4 nitrogen and oxygen atoms in total. The first-order valence-electron chi connectivity index (χ1n) is 4.05. The molecule has 1 amide bonds. The first kappa shape index (κ1) is 13.8. The summed E-state index contributed by atoms with van der Waals surface area (Å²) in [7, 11) is 0.639. The Bertz CT molecular complexity index is 547. The van der Waals surface area contributed by atoms with Gasteiger partial charge in [-0.3, -0.25) is 4.79 Å². The lowest BCUT2D eigenvalue weighted by molar-refractivity contribution is -0.126. The van der Waals surface area contributed by atoms with E-state index in [0.717, 1.165) is 12.1 Å². The Morgan fingerprint density at radius 1 is 1.35 bits per heavy atom. The summed E-state index contributed by atoms with van der Waals surface area (Å²) in [4.78, 5) is 9.78. The third kappa shape index (κ3) is 3.60.